The van der Waals surface area contributed by atoms with Crippen molar-refractivity contribution in [3.63, 3.8) is 0 Å². The maximum absolute atomic E-state index is 12.6. The van der Waals surface area contributed by atoms with Gasteiger partial charge in [-0.05, 0) is 35.9 Å². The monoisotopic (exact) mass is 350 g/mol. The number of benzene rings is 2. The van der Waals surface area contributed by atoms with Gasteiger partial charge in [-0.15, -0.1) is 11.8 Å². The van der Waals surface area contributed by atoms with E-state index in [0.717, 1.165) is 22.0 Å². The van der Waals surface area contributed by atoms with Crippen molar-refractivity contribution < 1.29 is 13.2 Å². The standard InChI is InChI=1S/C16H18N2O3S2/c1-21-15-7-8-16-13(11-15)12-18(9-10-22-16)23(19,20)17-14-5-3-2-4-6-14/h2-8,11,17H,9-10,12H2,1H3. The fourth-order valence-corrected chi connectivity index (χ4v) is 4.72. The average Bonchev–Trinajstić information content (AvgIpc) is 2.77. The van der Waals surface area contributed by atoms with Crippen LogP contribution in [0.15, 0.2) is 53.4 Å². The Morgan fingerprint density at radius 3 is 2.70 bits per heavy atom. The number of nitrogens with one attached hydrogen (secondary N) is 1. The number of ether oxygens (including phenoxy) is 1. The molecule has 0 saturated heterocycles. The second-order valence-electron chi connectivity index (χ2n) is 5.13. The van der Waals surface area contributed by atoms with E-state index in [1.54, 1.807) is 43.1 Å². The summed E-state index contributed by atoms with van der Waals surface area (Å²) in [6.07, 6.45) is 0. The molecule has 3 rings (SSSR count). The number of para-hydroxylation sites is 1. The summed E-state index contributed by atoms with van der Waals surface area (Å²) < 4.78 is 34.6. The fourth-order valence-electron chi connectivity index (χ4n) is 2.40. The molecule has 2 aromatic carbocycles. The Morgan fingerprint density at radius 1 is 1.17 bits per heavy atom. The molecule has 0 bridgehead atoms. The van der Waals surface area contributed by atoms with Gasteiger partial charge in [0.25, 0.3) is 0 Å². The molecule has 0 saturated carbocycles. The first-order valence-corrected chi connectivity index (χ1v) is 9.64. The smallest absolute Gasteiger partial charge is 0.301 e. The lowest BCUT2D eigenvalue weighted by Gasteiger charge is -2.21. The Hall–Kier alpha value is -1.70. The van der Waals surface area contributed by atoms with Crippen LogP contribution in [-0.2, 0) is 16.8 Å². The van der Waals surface area contributed by atoms with Crippen molar-refractivity contribution in [3.05, 3.63) is 54.1 Å². The van der Waals surface area contributed by atoms with E-state index in [0.29, 0.717) is 18.8 Å². The average molecular weight is 350 g/mol. The van der Waals surface area contributed by atoms with Crippen molar-refractivity contribution in [3.8, 4) is 5.75 Å². The first-order valence-electron chi connectivity index (χ1n) is 7.21. The zero-order valence-electron chi connectivity index (χ0n) is 12.7. The van der Waals surface area contributed by atoms with Crippen molar-refractivity contribution >= 4 is 27.7 Å². The van der Waals surface area contributed by atoms with Gasteiger partial charge < -0.3 is 4.74 Å². The molecule has 1 N–H and O–H groups in total. The van der Waals surface area contributed by atoms with Crippen LogP contribution in [0.2, 0.25) is 0 Å². The summed E-state index contributed by atoms with van der Waals surface area (Å²) in [6, 6.07) is 14.7. The Kier molecular flexibility index (Phi) is 4.79. The number of anilines is 1. The van der Waals surface area contributed by atoms with Crippen molar-refractivity contribution in [2.75, 3.05) is 24.1 Å². The molecular formula is C16H18N2O3S2. The van der Waals surface area contributed by atoms with Crippen LogP contribution >= 0.6 is 11.8 Å². The van der Waals surface area contributed by atoms with E-state index in [9.17, 15) is 8.42 Å². The number of hydrogen-bond acceptors (Lipinski definition) is 4. The molecule has 122 valence electrons. The molecular weight excluding hydrogens is 332 g/mol. The minimum Gasteiger partial charge on any atom is -0.497 e. The van der Waals surface area contributed by atoms with Gasteiger partial charge in [0.05, 0.1) is 7.11 Å². The van der Waals surface area contributed by atoms with Crippen LogP contribution in [-0.4, -0.2) is 32.1 Å². The summed E-state index contributed by atoms with van der Waals surface area (Å²) in [5.41, 5.74) is 1.53. The van der Waals surface area contributed by atoms with Gasteiger partial charge in [-0.25, -0.2) is 0 Å². The lowest BCUT2D eigenvalue weighted by molar-refractivity contribution is 0.408. The van der Waals surface area contributed by atoms with Crippen LogP contribution < -0.4 is 9.46 Å². The van der Waals surface area contributed by atoms with Gasteiger partial charge in [-0.3, -0.25) is 4.72 Å². The number of fused-ring (bicyclic) bond motifs is 1. The van der Waals surface area contributed by atoms with Gasteiger partial charge >= 0.3 is 10.2 Å². The minimum atomic E-state index is -3.59. The zero-order chi connectivity index (χ0) is 16.3. The lowest BCUT2D eigenvalue weighted by Crippen LogP contribution is -2.36. The molecule has 0 aromatic heterocycles. The van der Waals surface area contributed by atoms with Gasteiger partial charge in [-0.2, -0.15) is 12.7 Å². The summed E-state index contributed by atoms with van der Waals surface area (Å²) in [4.78, 5) is 1.10. The lowest BCUT2D eigenvalue weighted by atomic mass is 10.2. The third kappa shape index (κ3) is 3.80. The topological polar surface area (TPSA) is 58.6 Å². The molecule has 0 aliphatic carbocycles. The highest BCUT2D eigenvalue weighted by Gasteiger charge is 2.25. The predicted molar refractivity (Wildman–Crippen MR) is 93.1 cm³/mol. The molecule has 1 aliphatic heterocycles. The second kappa shape index (κ2) is 6.82. The quantitative estimate of drug-likeness (QED) is 0.921. The van der Waals surface area contributed by atoms with Crippen molar-refractivity contribution in [2.45, 2.75) is 11.4 Å². The summed E-state index contributed by atoms with van der Waals surface area (Å²) >= 11 is 1.67. The minimum absolute atomic E-state index is 0.335. The third-order valence-electron chi connectivity index (χ3n) is 3.57. The third-order valence-corrected chi connectivity index (χ3v) is 6.15. The first kappa shape index (κ1) is 16.2. The van der Waals surface area contributed by atoms with Gasteiger partial charge in [0.15, 0.2) is 0 Å². The molecule has 0 amide bonds. The highest BCUT2D eigenvalue weighted by Crippen LogP contribution is 2.31. The van der Waals surface area contributed by atoms with E-state index in [2.05, 4.69) is 4.72 Å². The Bertz CT molecular complexity index is 779. The molecule has 7 heteroatoms. The van der Waals surface area contributed by atoms with E-state index in [1.165, 1.54) is 4.31 Å². The van der Waals surface area contributed by atoms with E-state index < -0.39 is 10.2 Å². The maximum Gasteiger partial charge on any atom is 0.301 e. The second-order valence-corrected chi connectivity index (χ2v) is 7.94. The Balaban J connectivity index is 1.84. The Labute approximate surface area is 140 Å². The highest BCUT2D eigenvalue weighted by atomic mass is 32.2. The largest absolute Gasteiger partial charge is 0.497 e. The van der Waals surface area contributed by atoms with Crippen molar-refractivity contribution in [1.29, 1.82) is 0 Å². The SMILES string of the molecule is COc1ccc2c(c1)CN(S(=O)(=O)Nc1ccccc1)CCS2. The molecule has 0 radical (unpaired) electrons. The molecule has 23 heavy (non-hydrogen) atoms. The summed E-state index contributed by atoms with van der Waals surface area (Å²) in [5.74, 6) is 1.45. The number of nitrogens with zero attached hydrogens (tertiary/aromatic N) is 1. The summed E-state index contributed by atoms with van der Waals surface area (Å²) in [7, 11) is -1.98. The summed E-state index contributed by atoms with van der Waals surface area (Å²) in [6.45, 7) is 0.797. The number of thioether (sulfide) groups is 1. The van der Waals surface area contributed by atoms with Crippen LogP contribution in [0.5, 0.6) is 5.75 Å². The van der Waals surface area contributed by atoms with Gasteiger partial charge in [-0.1, -0.05) is 18.2 Å². The van der Waals surface area contributed by atoms with Crippen LogP contribution in [0.1, 0.15) is 5.56 Å². The van der Waals surface area contributed by atoms with Crippen molar-refractivity contribution in [2.24, 2.45) is 0 Å². The molecule has 0 atom stereocenters. The van der Waals surface area contributed by atoms with Crippen LogP contribution in [0.4, 0.5) is 5.69 Å². The van der Waals surface area contributed by atoms with Crippen molar-refractivity contribution in [1.82, 2.24) is 4.31 Å². The molecule has 1 aliphatic rings. The van der Waals surface area contributed by atoms with Gasteiger partial charge in [0.1, 0.15) is 5.75 Å². The molecule has 1 heterocycles. The fraction of sp³-hybridized carbons (Fsp3) is 0.250. The molecule has 0 spiro atoms. The van der Waals surface area contributed by atoms with Crippen LogP contribution in [0.25, 0.3) is 0 Å². The van der Waals surface area contributed by atoms with Crippen LogP contribution in [0, 0.1) is 0 Å². The van der Waals surface area contributed by atoms with E-state index in [4.69, 9.17) is 4.74 Å². The van der Waals surface area contributed by atoms with E-state index in [-0.39, 0.29) is 0 Å². The molecule has 0 unspecified atom stereocenters. The first-order chi connectivity index (χ1) is 11.1. The number of rotatable bonds is 4. The van der Waals surface area contributed by atoms with Gasteiger partial charge in [0, 0.05) is 29.4 Å². The number of methoxy groups -OCH3 is 1. The van der Waals surface area contributed by atoms with E-state index >= 15 is 0 Å². The zero-order valence-corrected chi connectivity index (χ0v) is 14.4. The predicted octanol–water partition coefficient (Wildman–Crippen LogP) is 2.96. The van der Waals surface area contributed by atoms with E-state index in [1.807, 2.05) is 24.3 Å². The molecule has 2 aromatic rings. The normalized spacial score (nSPS) is 15.5. The summed E-state index contributed by atoms with van der Waals surface area (Å²) in [5, 5.41) is 0. The van der Waals surface area contributed by atoms with Gasteiger partial charge in [0.2, 0.25) is 0 Å². The maximum atomic E-state index is 12.6. The molecule has 0 fully saturated rings. The highest BCUT2D eigenvalue weighted by molar-refractivity contribution is 7.99. The molecule has 5 nitrogen and oxygen atoms in total. The number of hydrogen-bond donors (Lipinski definition) is 1. The Morgan fingerprint density at radius 2 is 1.96 bits per heavy atom. The van der Waals surface area contributed by atoms with Crippen LogP contribution in [0.3, 0.4) is 0 Å².